The topological polar surface area (TPSA) is 95.1 Å². The Hall–Kier alpha value is -4.76. The average Bonchev–Trinajstić information content (AvgIpc) is 3.00. The van der Waals surface area contributed by atoms with E-state index in [9.17, 15) is 14.4 Å². The third-order valence-corrected chi connectivity index (χ3v) is 7.05. The highest BCUT2D eigenvalue weighted by Gasteiger charge is 2.28. The van der Waals surface area contributed by atoms with Crippen molar-refractivity contribution >= 4 is 34.5 Å². The lowest BCUT2D eigenvalue weighted by Crippen LogP contribution is -2.48. The standard InChI is InChI=1S/C31H31N5O4/c1-22(37)35-19-17-34(18-20-35)21-26-28(30(38)33-36(31(39)40-2)24-13-7-4-8-14-24)25-15-9-10-16-27(25)32-29(26)23-11-5-3-6-12-23/h3-16H,17-21H2,1-2H3,(H,33,38). The minimum atomic E-state index is -0.719. The summed E-state index contributed by atoms with van der Waals surface area (Å²) >= 11 is 0. The number of benzene rings is 3. The summed E-state index contributed by atoms with van der Waals surface area (Å²) in [5, 5.41) is 1.78. The molecule has 0 spiro atoms. The van der Waals surface area contributed by atoms with Gasteiger partial charge in [0, 0.05) is 56.2 Å². The molecule has 1 fully saturated rings. The fourth-order valence-corrected chi connectivity index (χ4v) is 4.99. The number of methoxy groups -OCH3 is 1. The second-order valence-corrected chi connectivity index (χ2v) is 9.56. The van der Waals surface area contributed by atoms with Crippen LogP contribution in [0.1, 0.15) is 22.8 Å². The molecule has 3 aromatic carbocycles. The number of anilines is 1. The summed E-state index contributed by atoms with van der Waals surface area (Å²) in [4.78, 5) is 47.9. The summed E-state index contributed by atoms with van der Waals surface area (Å²) in [7, 11) is 1.27. The largest absolute Gasteiger partial charge is 0.451 e. The van der Waals surface area contributed by atoms with Crippen molar-refractivity contribution in [2.24, 2.45) is 0 Å². The number of nitrogens with one attached hydrogen (secondary N) is 1. The number of aromatic nitrogens is 1. The molecule has 2 heterocycles. The Labute approximate surface area is 232 Å². The summed E-state index contributed by atoms with van der Waals surface area (Å²) < 4.78 is 4.98. The van der Waals surface area contributed by atoms with Crippen LogP contribution in [0.25, 0.3) is 22.2 Å². The minimum Gasteiger partial charge on any atom is -0.451 e. The van der Waals surface area contributed by atoms with Gasteiger partial charge in [0.15, 0.2) is 0 Å². The van der Waals surface area contributed by atoms with E-state index in [0.717, 1.165) is 16.1 Å². The van der Waals surface area contributed by atoms with E-state index in [1.807, 2.05) is 65.6 Å². The van der Waals surface area contributed by atoms with Crippen molar-refractivity contribution in [3.63, 3.8) is 0 Å². The summed E-state index contributed by atoms with van der Waals surface area (Å²) in [6.45, 7) is 4.59. The van der Waals surface area contributed by atoms with Gasteiger partial charge in [0.2, 0.25) is 5.91 Å². The molecule has 3 amide bonds. The highest BCUT2D eigenvalue weighted by Crippen LogP contribution is 2.32. The van der Waals surface area contributed by atoms with Gasteiger partial charge in [-0.2, -0.15) is 5.01 Å². The van der Waals surface area contributed by atoms with Gasteiger partial charge in [-0.25, -0.2) is 9.78 Å². The highest BCUT2D eigenvalue weighted by molar-refractivity contribution is 6.10. The van der Waals surface area contributed by atoms with Gasteiger partial charge in [-0.1, -0.05) is 66.7 Å². The van der Waals surface area contributed by atoms with Gasteiger partial charge in [0.25, 0.3) is 5.91 Å². The molecule has 1 aromatic heterocycles. The Bertz CT molecular complexity index is 1520. The van der Waals surface area contributed by atoms with Gasteiger partial charge in [-0.15, -0.1) is 0 Å². The van der Waals surface area contributed by atoms with Gasteiger partial charge in [0.05, 0.1) is 29.6 Å². The third kappa shape index (κ3) is 5.64. The van der Waals surface area contributed by atoms with E-state index in [2.05, 4.69) is 10.3 Å². The lowest BCUT2D eigenvalue weighted by Gasteiger charge is -2.35. The number of hydrogen-bond donors (Lipinski definition) is 1. The quantitative estimate of drug-likeness (QED) is 0.377. The average molecular weight is 538 g/mol. The monoisotopic (exact) mass is 537 g/mol. The molecule has 0 radical (unpaired) electrons. The lowest BCUT2D eigenvalue weighted by molar-refractivity contribution is -0.130. The Morgan fingerprint density at radius 3 is 2.15 bits per heavy atom. The number of nitrogens with zero attached hydrogens (tertiary/aromatic N) is 4. The van der Waals surface area contributed by atoms with Crippen LogP contribution in [-0.2, 0) is 16.1 Å². The third-order valence-electron chi connectivity index (χ3n) is 7.05. The Kier molecular flexibility index (Phi) is 8.02. The zero-order valence-corrected chi connectivity index (χ0v) is 22.5. The molecule has 9 heteroatoms. The molecule has 0 unspecified atom stereocenters. The van der Waals surface area contributed by atoms with Crippen molar-refractivity contribution < 1.29 is 19.1 Å². The van der Waals surface area contributed by atoms with E-state index in [1.165, 1.54) is 7.11 Å². The molecule has 0 aliphatic carbocycles. The second-order valence-electron chi connectivity index (χ2n) is 9.56. The first-order valence-corrected chi connectivity index (χ1v) is 13.1. The summed E-state index contributed by atoms with van der Waals surface area (Å²) in [6.07, 6.45) is -0.719. The molecular weight excluding hydrogens is 506 g/mol. The predicted octanol–water partition coefficient (Wildman–Crippen LogP) is 4.48. The van der Waals surface area contributed by atoms with E-state index in [1.54, 1.807) is 31.2 Å². The summed E-state index contributed by atoms with van der Waals surface area (Å²) in [6, 6.07) is 26.1. The van der Waals surface area contributed by atoms with Crippen LogP contribution in [0.3, 0.4) is 0 Å². The number of amides is 3. The Morgan fingerprint density at radius 1 is 0.875 bits per heavy atom. The Balaban J connectivity index is 1.62. The molecule has 5 rings (SSSR count). The maximum Gasteiger partial charge on any atom is 0.433 e. The first-order chi connectivity index (χ1) is 19.5. The van der Waals surface area contributed by atoms with E-state index in [4.69, 9.17) is 9.72 Å². The van der Waals surface area contributed by atoms with Crippen molar-refractivity contribution in [3.8, 4) is 11.3 Å². The van der Waals surface area contributed by atoms with Crippen molar-refractivity contribution in [1.82, 2.24) is 20.2 Å². The smallest absolute Gasteiger partial charge is 0.433 e. The zero-order valence-electron chi connectivity index (χ0n) is 22.5. The number of para-hydroxylation sites is 2. The first-order valence-electron chi connectivity index (χ1n) is 13.1. The molecule has 4 aromatic rings. The molecule has 9 nitrogen and oxygen atoms in total. The van der Waals surface area contributed by atoms with E-state index < -0.39 is 12.0 Å². The molecule has 0 saturated carbocycles. The number of rotatable bonds is 5. The number of ether oxygens (including phenoxy) is 1. The van der Waals surface area contributed by atoms with E-state index >= 15 is 0 Å². The van der Waals surface area contributed by atoms with Crippen LogP contribution in [0, 0.1) is 0 Å². The molecule has 40 heavy (non-hydrogen) atoms. The van der Waals surface area contributed by atoms with E-state index in [-0.39, 0.29) is 5.91 Å². The fraction of sp³-hybridized carbons (Fsp3) is 0.226. The van der Waals surface area contributed by atoms with Crippen LogP contribution >= 0.6 is 0 Å². The number of fused-ring (bicyclic) bond motifs is 1. The summed E-state index contributed by atoms with van der Waals surface area (Å²) in [5.41, 5.74) is 6.68. The maximum atomic E-state index is 14.2. The van der Waals surface area contributed by atoms with Gasteiger partial charge in [-0.3, -0.25) is 19.9 Å². The number of pyridine rings is 1. The number of carbonyl (C=O) groups is 3. The molecule has 1 aliphatic rings. The number of carbonyl (C=O) groups excluding carboxylic acids is 3. The second kappa shape index (κ2) is 12.0. The molecule has 1 aliphatic heterocycles. The molecule has 1 saturated heterocycles. The highest BCUT2D eigenvalue weighted by atomic mass is 16.5. The Morgan fingerprint density at radius 2 is 1.50 bits per heavy atom. The van der Waals surface area contributed by atoms with Crippen molar-refractivity contribution in [3.05, 3.63) is 96.1 Å². The molecule has 0 bridgehead atoms. The minimum absolute atomic E-state index is 0.0564. The van der Waals surface area contributed by atoms with Crippen molar-refractivity contribution in [2.75, 3.05) is 38.3 Å². The van der Waals surface area contributed by atoms with Crippen LogP contribution in [0.4, 0.5) is 10.5 Å². The molecule has 0 atom stereocenters. The van der Waals surface area contributed by atoms with E-state index in [0.29, 0.717) is 60.6 Å². The maximum absolute atomic E-state index is 14.2. The summed E-state index contributed by atoms with van der Waals surface area (Å²) in [5.74, 6) is -0.400. The SMILES string of the molecule is COC(=O)N(NC(=O)c1c(CN2CCN(C(C)=O)CC2)c(-c2ccccc2)nc2ccccc12)c1ccccc1. The van der Waals surface area contributed by atoms with Gasteiger partial charge in [0.1, 0.15) is 0 Å². The molecule has 204 valence electrons. The normalized spacial score (nSPS) is 13.6. The fourth-order valence-electron chi connectivity index (χ4n) is 4.99. The van der Waals surface area contributed by atoms with Gasteiger partial charge < -0.3 is 9.64 Å². The van der Waals surface area contributed by atoms with Crippen molar-refractivity contribution in [1.29, 1.82) is 0 Å². The first kappa shape index (κ1) is 26.8. The van der Waals surface area contributed by atoms with Gasteiger partial charge >= 0.3 is 6.09 Å². The van der Waals surface area contributed by atoms with Crippen LogP contribution in [0.15, 0.2) is 84.9 Å². The van der Waals surface area contributed by atoms with Crippen LogP contribution in [-0.4, -0.2) is 66.0 Å². The molecular formula is C31H31N5O4. The number of hydrazine groups is 1. The number of hydrogen-bond acceptors (Lipinski definition) is 6. The number of piperazine rings is 1. The van der Waals surface area contributed by atoms with Crippen molar-refractivity contribution in [2.45, 2.75) is 13.5 Å². The van der Waals surface area contributed by atoms with Crippen LogP contribution in [0.2, 0.25) is 0 Å². The predicted molar refractivity (Wildman–Crippen MR) is 154 cm³/mol. The van der Waals surface area contributed by atoms with Crippen LogP contribution in [0.5, 0.6) is 0 Å². The lowest BCUT2D eigenvalue weighted by atomic mass is 9.95. The van der Waals surface area contributed by atoms with Crippen LogP contribution < -0.4 is 10.4 Å². The molecule has 1 N–H and O–H groups in total. The zero-order chi connectivity index (χ0) is 28.1. The van der Waals surface area contributed by atoms with Gasteiger partial charge in [-0.05, 0) is 18.2 Å².